The number of anilines is 3. The van der Waals surface area contributed by atoms with Gasteiger partial charge in [-0.25, -0.2) is 8.78 Å². The first-order chi connectivity index (χ1) is 28.6. The van der Waals surface area contributed by atoms with E-state index in [1.54, 1.807) is 12.1 Å². The van der Waals surface area contributed by atoms with Gasteiger partial charge >= 0.3 is 0 Å². The molecule has 2 aliphatic rings. The molecule has 1 nitrogen and oxygen atoms in total. The average Bonchev–Trinajstić information content (AvgIpc) is 3.74. The third-order valence-corrected chi connectivity index (χ3v) is 12.0. The van der Waals surface area contributed by atoms with E-state index in [-0.39, 0.29) is 11.6 Å². The SMILES string of the molecule is Fc1ccc2c(c1)C1(c3cc(F)ccc3-2)c2ccccc2-c2cccc(-c3ccc(N(c4ccc(-c5ccccc5)cc4)c4ccc(-c5ccccc5)cc4)cc3)c21. The Kier molecular flexibility index (Phi) is 7.84. The van der Waals surface area contributed by atoms with Crippen LogP contribution in [0.2, 0.25) is 0 Å². The van der Waals surface area contributed by atoms with Crippen LogP contribution in [0.25, 0.3) is 55.6 Å². The molecule has 9 aromatic carbocycles. The van der Waals surface area contributed by atoms with E-state index in [9.17, 15) is 0 Å². The van der Waals surface area contributed by atoms with Crippen LogP contribution < -0.4 is 4.90 Å². The van der Waals surface area contributed by atoms with Crippen LogP contribution >= 0.6 is 0 Å². The zero-order chi connectivity index (χ0) is 38.8. The molecule has 0 fully saturated rings. The summed E-state index contributed by atoms with van der Waals surface area (Å²) in [7, 11) is 0. The predicted octanol–water partition coefficient (Wildman–Crippen LogP) is 14.8. The molecule has 0 amide bonds. The molecule has 274 valence electrons. The molecule has 0 saturated heterocycles. The normalized spacial score (nSPS) is 12.8. The van der Waals surface area contributed by atoms with Crippen molar-refractivity contribution in [1.29, 1.82) is 0 Å². The Hall–Kier alpha value is -7.36. The first kappa shape index (κ1) is 33.9. The highest BCUT2D eigenvalue weighted by atomic mass is 19.1. The first-order valence-electron chi connectivity index (χ1n) is 19.6. The van der Waals surface area contributed by atoms with Crippen molar-refractivity contribution in [2.24, 2.45) is 0 Å². The lowest BCUT2D eigenvalue weighted by Gasteiger charge is -2.32. The summed E-state index contributed by atoms with van der Waals surface area (Å²) in [5, 5.41) is 0. The second kappa shape index (κ2) is 13.4. The molecule has 2 aliphatic carbocycles. The fraction of sp³-hybridized carbons (Fsp3) is 0.0182. The molecule has 0 unspecified atom stereocenters. The molecule has 0 aromatic heterocycles. The van der Waals surface area contributed by atoms with Crippen LogP contribution in [0, 0.1) is 11.6 Å². The maximum absolute atomic E-state index is 15.4. The minimum atomic E-state index is -0.900. The summed E-state index contributed by atoms with van der Waals surface area (Å²) in [5.74, 6) is -0.624. The first-order valence-corrected chi connectivity index (χ1v) is 19.6. The zero-order valence-corrected chi connectivity index (χ0v) is 31.4. The number of nitrogens with zero attached hydrogens (tertiary/aromatic N) is 1. The molecule has 0 aliphatic heterocycles. The van der Waals surface area contributed by atoms with Crippen molar-refractivity contribution in [3.05, 3.63) is 246 Å². The highest BCUT2D eigenvalue weighted by molar-refractivity contribution is 5.99. The smallest absolute Gasteiger partial charge is 0.123 e. The van der Waals surface area contributed by atoms with Crippen LogP contribution in [-0.2, 0) is 5.41 Å². The van der Waals surface area contributed by atoms with Gasteiger partial charge in [-0.05, 0) is 139 Å². The number of fused-ring (bicyclic) bond motifs is 10. The van der Waals surface area contributed by atoms with Crippen LogP contribution in [0.4, 0.5) is 25.8 Å². The molecule has 11 rings (SSSR count). The number of hydrogen-bond acceptors (Lipinski definition) is 1. The van der Waals surface area contributed by atoms with E-state index in [2.05, 4.69) is 157 Å². The van der Waals surface area contributed by atoms with Gasteiger partial charge in [0, 0.05) is 17.1 Å². The average molecular weight is 748 g/mol. The van der Waals surface area contributed by atoms with Crippen molar-refractivity contribution in [3.8, 4) is 55.6 Å². The number of hydrogen-bond donors (Lipinski definition) is 0. The van der Waals surface area contributed by atoms with Gasteiger partial charge in [-0.15, -0.1) is 0 Å². The van der Waals surface area contributed by atoms with Crippen LogP contribution in [0.1, 0.15) is 22.3 Å². The van der Waals surface area contributed by atoms with Gasteiger partial charge in [0.1, 0.15) is 11.6 Å². The molecule has 0 saturated carbocycles. The third-order valence-electron chi connectivity index (χ3n) is 12.0. The van der Waals surface area contributed by atoms with Crippen molar-refractivity contribution in [1.82, 2.24) is 0 Å². The lowest BCUT2D eigenvalue weighted by molar-refractivity contribution is 0.618. The van der Waals surface area contributed by atoms with Gasteiger partial charge < -0.3 is 4.90 Å². The van der Waals surface area contributed by atoms with E-state index < -0.39 is 5.41 Å². The van der Waals surface area contributed by atoms with Crippen molar-refractivity contribution in [2.45, 2.75) is 5.41 Å². The van der Waals surface area contributed by atoms with E-state index in [1.165, 1.54) is 23.3 Å². The predicted molar refractivity (Wildman–Crippen MR) is 234 cm³/mol. The number of benzene rings is 9. The summed E-state index contributed by atoms with van der Waals surface area (Å²) >= 11 is 0. The maximum Gasteiger partial charge on any atom is 0.123 e. The molecule has 3 heteroatoms. The molecule has 0 N–H and O–H groups in total. The fourth-order valence-electron chi connectivity index (χ4n) is 9.53. The van der Waals surface area contributed by atoms with Crippen LogP contribution in [0.15, 0.2) is 212 Å². The molecular formula is C55H35F2N. The number of rotatable bonds is 6. The van der Waals surface area contributed by atoms with Crippen LogP contribution in [0.3, 0.4) is 0 Å². The lowest BCUT2D eigenvalue weighted by atomic mass is 9.68. The van der Waals surface area contributed by atoms with Crippen LogP contribution in [0.5, 0.6) is 0 Å². The van der Waals surface area contributed by atoms with E-state index in [4.69, 9.17) is 0 Å². The lowest BCUT2D eigenvalue weighted by Crippen LogP contribution is -2.27. The Labute approximate surface area is 336 Å². The molecule has 58 heavy (non-hydrogen) atoms. The number of halogens is 2. The van der Waals surface area contributed by atoms with Crippen LogP contribution in [-0.4, -0.2) is 0 Å². The molecule has 0 radical (unpaired) electrons. The van der Waals surface area contributed by atoms with Gasteiger partial charge in [0.15, 0.2) is 0 Å². The fourth-order valence-corrected chi connectivity index (χ4v) is 9.53. The molecule has 0 atom stereocenters. The highest BCUT2D eigenvalue weighted by Crippen LogP contribution is 2.64. The quantitative estimate of drug-likeness (QED) is 0.164. The Morgan fingerprint density at radius 3 is 1.21 bits per heavy atom. The molecule has 1 spiro atoms. The second-order valence-corrected chi connectivity index (χ2v) is 15.1. The summed E-state index contributed by atoms with van der Waals surface area (Å²) in [5.41, 5.74) is 16.7. The topological polar surface area (TPSA) is 3.24 Å². The molecule has 9 aromatic rings. The van der Waals surface area contributed by atoms with E-state index in [1.807, 2.05) is 36.4 Å². The summed E-state index contributed by atoms with van der Waals surface area (Å²) in [6.45, 7) is 0. The Morgan fingerprint density at radius 2 is 0.690 bits per heavy atom. The van der Waals surface area contributed by atoms with Crippen molar-refractivity contribution < 1.29 is 8.78 Å². The van der Waals surface area contributed by atoms with Gasteiger partial charge in [-0.3, -0.25) is 0 Å². The van der Waals surface area contributed by atoms with Crippen molar-refractivity contribution in [3.63, 3.8) is 0 Å². The van der Waals surface area contributed by atoms with Gasteiger partial charge in [0.25, 0.3) is 0 Å². The standard InChI is InChI=1S/C55H35F2N/c56-41-24-32-48-49-33-25-42(57)35-53(49)55(52(48)34-41)51-17-8-7-14-47(51)50-16-9-15-46(54(50)55)40-22-30-45(31-23-40)58(43-26-18-38(19-27-43)36-10-3-1-4-11-36)44-28-20-39(21-29-44)37-12-5-2-6-13-37/h1-35H. The zero-order valence-electron chi connectivity index (χ0n) is 31.4. The largest absolute Gasteiger partial charge is 0.311 e. The minimum absolute atomic E-state index is 0.312. The molecule has 0 bridgehead atoms. The monoisotopic (exact) mass is 747 g/mol. The molecular weight excluding hydrogens is 713 g/mol. The van der Waals surface area contributed by atoms with Crippen molar-refractivity contribution >= 4 is 17.1 Å². The Morgan fingerprint density at radius 1 is 0.293 bits per heavy atom. The van der Waals surface area contributed by atoms with Gasteiger partial charge in [-0.2, -0.15) is 0 Å². The second-order valence-electron chi connectivity index (χ2n) is 15.1. The van der Waals surface area contributed by atoms with E-state index in [0.29, 0.717) is 0 Å². The van der Waals surface area contributed by atoms with E-state index >= 15 is 8.78 Å². The third kappa shape index (κ3) is 5.20. The maximum atomic E-state index is 15.4. The minimum Gasteiger partial charge on any atom is -0.311 e. The van der Waals surface area contributed by atoms with Gasteiger partial charge in [0.05, 0.1) is 5.41 Å². The highest BCUT2D eigenvalue weighted by Gasteiger charge is 2.53. The van der Waals surface area contributed by atoms with E-state index in [0.717, 1.165) is 83.8 Å². The summed E-state index contributed by atoms with van der Waals surface area (Å²) in [4.78, 5) is 2.29. The molecule has 0 heterocycles. The summed E-state index contributed by atoms with van der Waals surface area (Å²) in [6.07, 6.45) is 0. The van der Waals surface area contributed by atoms with Gasteiger partial charge in [-0.1, -0.05) is 152 Å². The summed E-state index contributed by atoms with van der Waals surface area (Å²) in [6, 6.07) is 71.8. The van der Waals surface area contributed by atoms with Gasteiger partial charge in [0.2, 0.25) is 0 Å². The summed E-state index contributed by atoms with van der Waals surface area (Å²) < 4.78 is 30.8. The Balaban J connectivity index is 1.06. The van der Waals surface area contributed by atoms with Crippen molar-refractivity contribution in [2.75, 3.05) is 4.90 Å². The Bertz CT molecular complexity index is 2860.